The van der Waals surface area contributed by atoms with Gasteiger partial charge in [0.15, 0.2) is 11.8 Å². The Labute approximate surface area is 168 Å². The van der Waals surface area contributed by atoms with Crippen molar-refractivity contribution in [2.45, 2.75) is 26.6 Å². The molecule has 0 atom stereocenters. The third kappa shape index (κ3) is 6.07. The van der Waals surface area contributed by atoms with Crippen molar-refractivity contribution >= 4 is 29.9 Å². The highest BCUT2D eigenvalue weighted by Crippen LogP contribution is 2.15. The van der Waals surface area contributed by atoms with Gasteiger partial charge in [-0.05, 0) is 24.6 Å². The van der Waals surface area contributed by atoms with Crippen LogP contribution in [0.25, 0.3) is 0 Å². The van der Waals surface area contributed by atoms with Crippen molar-refractivity contribution in [3.05, 3.63) is 41.5 Å². The fourth-order valence-electron chi connectivity index (χ4n) is 2.27. The van der Waals surface area contributed by atoms with Crippen LogP contribution in [0.2, 0.25) is 0 Å². The van der Waals surface area contributed by atoms with Crippen molar-refractivity contribution in [1.29, 1.82) is 0 Å². The van der Waals surface area contributed by atoms with Crippen molar-refractivity contribution in [2.75, 3.05) is 14.1 Å². The summed E-state index contributed by atoms with van der Waals surface area (Å²) in [5, 5.41) is 11.3. The second-order valence-electron chi connectivity index (χ2n) is 5.50. The summed E-state index contributed by atoms with van der Waals surface area (Å²) in [6.45, 7) is 0.127. The minimum Gasteiger partial charge on any atom is -0.435 e. The van der Waals surface area contributed by atoms with Gasteiger partial charge in [0.05, 0.1) is 6.54 Å². The lowest BCUT2D eigenvalue weighted by atomic mass is 10.2. The van der Waals surface area contributed by atoms with Crippen molar-refractivity contribution in [1.82, 2.24) is 25.0 Å². The topological polar surface area (TPSA) is 67.6 Å². The van der Waals surface area contributed by atoms with Gasteiger partial charge in [0, 0.05) is 27.7 Å². The summed E-state index contributed by atoms with van der Waals surface area (Å²) in [6.07, 6.45) is 0. The summed E-state index contributed by atoms with van der Waals surface area (Å²) >= 11 is 0. The van der Waals surface area contributed by atoms with Crippen LogP contribution in [0.4, 0.5) is 8.78 Å². The van der Waals surface area contributed by atoms with Gasteiger partial charge in [-0.25, -0.2) is 0 Å². The van der Waals surface area contributed by atoms with Crippen LogP contribution in [0, 0.1) is 6.92 Å². The monoisotopic (exact) mass is 480 g/mol. The fourth-order valence-corrected chi connectivity index (χ4v) is 2.27. The lowest BCUT2D eigenvalue weighted by Gasteiger charge is -2.22. The summed E-state index contributed by atoms with van der Waals surface area (Å²) in [7, 11) is 5.49. The van der Waals surface area contributed by atoms with Crippen LogP contribution in [0.3, 0.4) is 0 Å². The first kappa shape index (κ1) is 22.1. The van der Waals surface area contributed by atoms with E-state index >= 15 is 0 Å². The maximum absolute atomic E-state index is 12.2. The van der Waals surface area contributed by atoms with Crippen molar-refractivity contribution in [3.8, 4) is 5.75 Å². The molecule has 0 radical (unpaired) electrons. The number of rotatable bonds is 6. The molecular weight excluding hydrogens is 457 g/mol. The molecule has 0 aliphatic carbocycles. The highest BCUT2D eigenvalue weighted by Gasteiger charge is 2.10. The molecular formula is C16H23F2IN6O. The molecule has 26 heavy (non-hydrogen) atoms. The van der Waals surface area contributed by atoms with Gasteiger partial charge in [0.25, 0.3) is 0 Å². The Morgan fingerprint density at radius 1 is 1.31 bits per heavy atom. The smallest absolute Gasteiger partial charge is 0.387 e. The average Bonchev–Trinajstić information content (AvgIpc) is 2.89. The molecule has 1 aromatic carbocycles. The molecule has 0 spiro atoms. The van der Waals surface area contributed by atoms with Gasteiger partial charge in [-0.1, -0.05) is 12.1 Å². The van der Waals surface area contributed by atoms with Gasteiger partial charge in [-0.2, -0.15) is 8.78 Å². The van der Waals surface area contributed by atoms with Crippen LogP contribution >= 0.6 is 24.0 Å². The summed E-state index contributed by atoms with van der Waals surface area (Å²) in [6, 6.07) is 6.53. The molecule has 1 N–H and O–H groups in total. The summed E-state index contributed by atoms with van der Waals surface area (Å²) in [4.78, 5) is 6.17. The van der Waals surface area contributed by atoms with Crippen LogP contribution in [-0.4, -0.2) is 46.3 Å². The maximum Gasteiger partial charge on any atom is 0.387 e. The Kier molecular flexibility index (Phi) is 8.69. The van der Waals surface area contributed by atoms with E-state index in [0.29, 0.717) is 19.0 Å². The summed E-state index contributed by atoms with van der Waals surface area (Å²) in [5.41, 5.74) is 0.946. The number of halogens is 3. The Morgan fingerprint density at radius 2 is 1.96 bits per heavy atom. The van der Waals surface area contributed by atoms with E-state index < -0.39 is 6.61 Å². The highest BCUT2D eigenvalue weighted by molar-refractivity contribution is 14.0. The summed E-state index contributed by atoms with van der Waals surface area (Å²) in [5.74, 6) is 2.47. The number of alkyl halides is 2. The van der Waals surface area contributed by atoms with Gasteiger partial charge >= 0.3 is 6.61 Å². The van der Waals surface area contributed by atoms with E-state index in [1.807, 2.05) is 30.5 Å². The Morgan fingerprint density at radius 3 is 2.46 bits per heavy atom. The maximum atomic E-state index is 12.2. The fraction of sp³-hybridized carbons (Fsp3) is 0.438. The number of nitrogens with one attached hydrogen (secondary N) is 1. The van der Waals surface area contributed by atoms with E-state index in [1.165, 1.54) is 12.1 Å². The lowest BCUT2D eigenvalue weighted by molar-refractivity contribution is -0.0498. The van der Waals surface area contributed by atoms with Gasteiger partial charge in [0.2, 0.25) is 0 Å². The first-order chi connectivity index (χ1) is 11.9. The third-order valence-corrected chi connectivity index (χ3v) is 3.73. The number of hydrogen-bond donors (Lipinski definition) is 1. The zero-order valence-electron chi connectivity index (χ0n) is 15.1. The number of aromatic nitrogens is 3. The molecule has 2 rings (SSSR count). The number of hydrogen-bond acceptors (Lipinski definition) is 4. The molecule has 0 aliphatic heterocycles. The first-order valence-corrected chi connectivity index (χ1v) is 7.71. The number of nitrogens with zero attached hydrogens (tertiary/aromatic N) is 5. The molecule has 0 saturated carbocycles. The largest absolute Gasteiger partial charge is 0.435 e. The number of aliphatic imine (C=N–C) groups is 1. The predicted molar refractivity (Wildman–Crippen MR) is 106 cm³/mol. The predicted octanol–water partition coefficient (Wildman–Crippen LogP) is 2.55. The zero-order chi connectivity index (χ0) is 18.4. The van der Waals surface area contributed by atoms with E-state index in [1.54, 1.807) is 19.2 Å². The molecule has 0 bridgehead atoms. The highest BCUT2D eigenvalue weighted by atomic mass is 127. The van der Waals surface area contributed by atoms with E-state index in [2.05, 4.69) is 25.2 Å². The molecule has 1 aromatic heterocycles. The second-order valence-corrected chi connectivity index (χ2v) is 5.50. The molecule has 2 aromatic rings. The van der Waals surface area contributed by atoms with Crippen LogP contribution < -0.4 is 10.1 Å². The minimum atomic E-state index is -2.82. The number of aryl methyl sites for hydroxylation is 1. The van der Waals surface area contributed by atoms with Crippen LogP contribution in [-0.2, 0) is 20.1 Å². The van der Waals surface area contributed by atoms with Crippen molar-refractivity contribution in [3.63, 3.8) is 0 Å². The normalized spacial score (nSPS) is 11.3. The molecule has 0 unspecified atom stereocenters. The van der Waals surface area contributed by atoms with Gasteiger partial charge < -0.3 is 19.5 Å². The van der Waals surface area contributed by atoms with Crippen LogP contribution in [0.15, 0.2) is 29.3 Å². The van der Waals surface area contributed by atoms with E-state index in [-0.39, 0.29) is 29.7 Å². The first-order valence-electron chi connectivity index (χ1n) is 7.71. The average molecular weight is 480 g/mol. The van der Waals surface area contributed by atoms with Gasteiger partial charge in [-0.3, -0.25) is 4.99 Å². The van der Waals surface area contributed by atoms with Crippen LogP contribution in [0.1, 0.15) is 17.2 Å². The molecule has 1 heterocycles. The van der Waals surface area contributed by atoms with E-state index in [4.69, 9.17) is 0 Å². The Balaban J connectivity index is 0.00000338. The SMILES string of the molecule is CN=C(NCc1nnc(C)n1C)N(C)Cc1ccc(OC(F)F)cc1.I. The minimum absolute atomic E-state index is 0. The molecule has 10 heteroatoms. The van der Waals surface area contributed by atoms with E-state index in [9.17, 15) is 8.78 Å². The second kappa shape index (κ2) is 10.2. The molecule has 7 nitrogen and oxygen atoms in total. The van der Waals surface area contributed by atoms with Gasteiger partial charge in [0.1, 0.15) is 11.6 Å². The van der Waals surface area contributed by atoms with Crippen molar-refractivity contribution < 1.29 is 13.5 Å². The molecule has 0 aliphatic rings. The zero-order valence-corrected chi connectivity index (χ0v) is 17.4. The van der Waals surface area contributed by atoms with Gasteiger partial charge in [-0.15, -0.1) is 34.2 Å². The standard InChI is InChI=1S/C16H22F2N6O.HI/c1-11-21-22-14(24(11)4)9-20-16(19-2)23(3)10-12-5-7-13(8-6-12)25-15(17)18;/h5-8,15H,9-10H2,1-4H3,(H,19,20);1H. The summed E-state index contributed by atoms with van der Waals surface area (Å²) < 4.78 is 30.6. The third-order valence-electron chi connectivity index (χ3n) is 3.73. The van der Waals surface area contributed by atoms with Crippen molar-refractivity contribution in [2.24, 2.45) is 12.0 Å². The molecule has 0 amide bonds. The number of guanidine groups is 1. The lowest BCUT2D eigenvalue weighted by Crippen LogP contribution is -2.38. The quantitative estimate of drug-likeness (QED) is 0.391. The van der Waals surface area contributed by atoms with E-state index in [0.717, 1.165) is 17.2 Å². The Hall–Kier alpha value is -1.98. The van der Waals surface area contributed by atoms with Crippen LogP contribution in [0.5, 0.6) is 5.75 Å². The molecule has 144 valence electrons. The molecule has 0 saturated heterocycles. The number of benzene rings is 1. The number of ether oxygens (including phenoxy) is 1. The Bertz CT molecular complexity index is 720. The molecule has 0 fully saturated rings.